The van der Waals surface area contributed by atoms with E-state index in [0.717, 1.165) is 32.2 Å². The Kier molecular flexibility index (Phi) is 8.66. The lowest BCUT2D eigenvalue weighted by atomic mass is 10.1. The summed E-state index contributed by atoms with van der Waals surface area (Å²) in [5, 5.41) is 3.20. The lowest BCUT2D eigenvalue weighted by Gasteiger charge is -2.18. The van der Waals surface area contributed by atoms with E-state index in [0.29, 0.717) is 0 Å². The predicted octanol–water partition coefficient (Wildman–Crippen LogP) is 3.12. The Hall–Kier alpha value is -0.290. The van der Waals surface area contributed by atoms with Crippen LogP contribution in [0.4, 0.5) is 13.2 Å². The van der Waals surface area contributed by atoms with Crippen LogP contribution in [-0.4, -0.2) is 32.0 Å². The summed E-state index contributed by atoms with van der Waals surface area (Å²) in [7, 11) is 0. The Bertz CT molecular complexity index is 154. The van der Waals surface area contributed by atoms with Gasteiger partial charge in [0.1, 0.15) is 6.61 Å². The van der Waals surface area contributed by atoms with Crippen LogP contribution < -0.4 is 5.32 Å². The molecule has 0 spiro atoms. The number of hydrogen-bond donors (Lipinski definition) is 1. The maximum absolute atomic E-state index is 11.9. The highest BCUT2D eigenvalue weighted by Crippen LogP contribution is 2.14. The largest absolute Gasteiger partial charge is 0.411 e. The van der Waals surface area contributed by atoms with Gasteiger partial charge in [-0.25, -0.2) is 0 Å². The molecule has 0 heterocycles. The standard InChI is InChI=1S/C11H22F3NO/c1-3-5-6-10(15-7-4-2)8-16-9-11(12,13)14/h10,15H,3-9H2,1-2H3. The van der Waals surface area contributed by atoms with Crippen molar-refractivity contribution in [1.29, 1.82) is 0 Å². The summed E-state index contributed by atoms with van der Waals surface area (Å²) in [6.45, 7) is 3.90. The van der Waals surface area contributed by atoms with Crippen molar-refractivity contribution in [3.63, 3.8) is 0 Å². The van der Waals surface area contributed by atoms with E-state index in [1.54, 1.807) is 0 Å². The highest BCUT2D eigenvalue weighted by molar-refractivity contribution is 4.66. The van der Waals surface area contributed by atoms with Crippen LogP contribution in [0.3, 0.4) is 0 Å². The van der Waals surface area contributed by atoms with Crippen molar-refractivity contribution in [3.8, 4) is 0 Å². The van der Waals surface area contributed by atoms with Crippen molar-refractivity contribution in [1.82, 2.24) is 5.32 Å². The van der Waals surface area contributed by atoms with E-state index in [4.69, 9.17) is 0 Å². The van der Waals surface area contributed by atoms with Crippen molar-refractivity contribution in [3.05, 3.63) is 0 Å². The van der Waals surface area contributed by atoms with Gasteiger partial charge >= 0.3 is 6.18 Å². The number of nitrogens with one attached hydrogen (secondary N) is 1. The summed E-state index contributed by atoms with van der Waals surface area (Å²) >= 11 is 0. The predicted molar refractivity (Wildman–Crippen MR) is 58.5 cm³/mol. The van der Waals surface area contributed by atoms with Crippen LogP contribution in [0.15, 0.2) is 0 Å². The molecule has 0 fully saturated rings. The van der Waals surface area contributed by atoms with E-state index in [-0.39, 0.29) is 12.6 Å². The van der Waals surface area contributed by atoms with Gasteiger partial charge in [0.2, 0.25) is 0 Å². The fourth-order valence-corrected chi connectivity index (χ4v) is 1.36. The summed E-state index contributed by atoms with van der Waals surface area (Å²) in [5.41, 5.74) is 0. The number of unbranched alkanes of at least 4 members (excludes halogenated alkanes) is 1. The van der Waals surface area contributed by atoms with Gasteiger partial charge in [-0.15, -0.1) is 0 Å². The lowest BCUT2D eigenvalue weighted by Crippen LogP contribution is -2.35. The zero-order valence-corrected chi connectivity index (χ0v) is 10.1. The van der Waals surface area contributed by atoms with Crippen molar-refractivity contribution in [2.45, 2.75) is 51.7 Å². The Morgan fingerprint density at radius 2 is 1.88 bits per heavy atom. The highest BCUT2D eigenvalue weighted by atomic mass is 19.4. The topological polar surface area (TPSA) is 21.3 Å². The molecule has 16 heavy (non-hydrogen) atoms. The molecule has 0 radical (unpaired) electrons. The minimum Gasteiger partial charge on any atom is -0.370 e. The van der Waals surface area contributed by atoms with Crippen LogP contribution in [0.1, 0.15) is 39.5 Å². The molecule has 0 saturated carbocycles. The van der Waals surface area contributed by atoms with E-state index in [1.165, 1.54) is 0 Å². The SMILES string of the molecule is CCCCC(COCC(F)(F)F)NCCC. The first kappa shape index (κ1) is 15.7. The fourth-order valence-electron chi connectivity index (χ4n) is 1.36. The average Bonchev–Trinajstić information content (AvgIpc) is 2.19. The molecule has 0 aromatic carbocycles. The third-order valence-electron chi connectivity index (χ3n) is 2.17. The van der Waals surface area contributed by atoms with E-state index in [1.807, 2.05) is 6.92 Å². The van der Waals surface area contributed by atoms with Gasteiger partial charge in [0.05, 0.1) is 6.61 Å². The monoisotopic (exact) mass is 241 g/mol. The van der Waals surface area contributed by atoms with Gasteiger partial charge in [-0.1, -0.05) is 26.7 Å². The zero-order valence-electron chi connectivity index (χ0n) is 10.1. The molecule has 1 unspecified atom stereocenters. The minimum absolute atomic E-state index is 0.0437. The van der Waals surface area contributed by atoms with Crippen molar-refractivity contribution in [2.24, 2.45) is 0 Å². The second kappa shape index (κ2) is 8.82. The van der Waals surface area contributed by atoms with Gasteiger partial charge < -0.3 is 10.1 Å². The first-order valence-corrected chi connectivity index (χ1v) is 5.87. The lowest BCUT2D eigenvalue weighted by molar-refractivity contribution is -0.175. The molecule has 0 bridgehead atoms. The van der Waals surface area contributed by atoms with E-state index in [9.17, 15) is 13.2 Å². The van der Waals surface area contributed by atoms with Crippen LogP contribution >= 0.6 is 0 Å². The third-order valence-corrected chi connectivity index (χ3v) is 2.17. The summed E-state index contributed by atoms with van der Waals surface area (Å²) in [6, 6.07) is 0.0437. The van der Waals surface area contributed by atoms with Crippen LogP contribution in [0.5, 0.6) is 0 Å². The third kappa shape index (κ3) is 10.2. The molecule has 0 amide bonds. The molecule has 0 aromatic rings. The number of alkyl halides is 3. The molecule has 2 nitrogen and oxygen atoms in total. The Balaban J connectivity index is 3.72. The summed E-state index contributed by atoms with van der Waals surface area (Å²) in [5.74, 6) is 0. The van der Waals surface area contributed by atoms with Gasteiger partial charge in [-0.3, -0.25) is 0 Å². The molecule has 0 rings (SSSR count). The van der Waals surface area contributed by atoms with Gasteiger partial charge in [-0.2, -0.15) is 13.2 Å². The number of halogens is 3. The molecule has 0 aromatic heterocycles. The normalized spacial score (nSPS) is 14.1. The van der Waals surface area contributed by atoms with Gasteiger partial charge in [-0.05, 0) is 19.4 Å². The van der Waals surface area contributed by atoms with E-state index >= 15 is 0 Å². The molecular weight excluding hydrogens is 219 g/mol. The number of ether oxygens (including phenoxy) is 1. The van der Waals surface area contributed by atoms with Gasteiger partial charge in [0, 0.05) is 6.04 Å². The number of rotatable bonds is 9. The van der Waals surface area contributed by atoms with Gasteiger partial charge in [0.25, 0.3) is 0 Å². The molecule has 0 aliphatic heterocycles. The average molecular weight is 241 g/mol. The maximum atomic E-state index is 11.9. The van der Waals surface area contributed by atoms with E-state index in [2.05, 4.69) is 17.0 Å². The van der Waals surface area contributed by atoms with Crippen LogP contribution in [0.2, 0.25) is 0 Å². The summed E-state index contributed by atoms with van der Waals surface area (Å²) in [4.78, 5) is 0. The van der Waals surface area contributed by atoms with Crippen LogP contribution in [-0.2, 0) is 4.74 Å². The first-order chi connectivity index (χ1) is 7.49. The summed E-state index contributed by atoms with van der Waals surface area (Å²) < 4.78 is 40.3. The molecule has 0 aliphatic carbocycles. The molecule has 0 saturated heterocycles. The zero-order chi connectivity index (χ0) is 12.4. The molecule has 0 aliphatic rings. The van der Waals surface area contributed by atoms with Crippen LogP contribution in [0.25, 0.3) is 0 Å². The molecule has 98 valence electrons. The quantitative estimate of drug-likeness (QED) is 0.669. The Labute approximate surface area is 95.5 Å². The second-order valence-electron chi connectivity index (χ2n) is 3.92. The molecule has 1 N–H and O–H groups in total. The Morgan fingerprint density at radius 1 is 1.19 bits per heavy atom. The van der Waals surface area contributed by atoms with Crippen molar-refractivity contribution < 1.29 is 17.9 Å². The van der Waals surface area contributed by atoms with Crippen molar-refractivity contribution in [2.75, 3.05) is 19.8 Å². The summed E-state index contributed by atoms with van der Waals surface area (Å²) in [6.07, 6.45) is -0.323. The smallest absolute Gasteiger partial charge is 0.370 e. The molecule has 1 atom stereocenters. The fraction of sp³-hybridized carbons (Fsp3) is 1.00. The van der Waals surface area contributed by atoms with Gasteiger partial charge in [0.15, 0.2) is 0 Å². The highest BCUT2D eigenvalue weighted by Gasteiger charge is 2.27. The van der Waals surface area contributed by atoms with E-state index < -0.39 is 12.8 Å². The number of hydrogen-bond acceptors (Lipinski definition) is 2. The Morgan fingerprint density at radius 3 is 2.38 bits per heavy atom. The molecular formula is C11H22F3NO. The maximum Gasteiger partial charge on any atom is 0.411 e. The van der Waals surface area contributed by atoms with Crippen LogP contribution in [0, 0.1) is 0 Å². The molecule has 5 heteroatoms. The van der Waals surface area contributed by atoms with Crippen molar-refractivity contribution >= 4 is 0 Å². The minimum atomic E-state index is -4.22. The second-order valence-corrected chi connectivity index (χ2v) is 3.92. The first-order valence-electron chi connectivity index (χ1n) is 5.87.